The van der Waals surface area contributed by atoms with E-state index in [9.17, 15) is 0 Å². The van der Waals surface area contributed by atoms with E-state index >= 15 is 0 Å². The Morgan fingerprint density at radius 1 is 0.929 bits per heavy atom. The molecule has 0 aliphatic carbocycles. The van der Waals surface area contributed by atoms with Gasteiger partial charge in [-0.15, -0.1) is 0 Å². The van der Waals surface area contributed by atoms with Gasteiger partial charge in [-0.25, -0.2) is 0 Å². The van der Waals surface area contributed by atoms with Crippen LogP contribution < -0.4 is 0 Å². The van der Waals surface area contributed by atoms with Crippen LogP contribution in [0.5, 0.6) is 0 Å². The highest BCUT2D eigenvalue weighted by molar-refractivity contribution is 9.12. The maximum absolute atomic E-state index is 5.76. The van der Waals surface area contributed by atoms with Gasteiger partial charge in [0.1, 0.15) is 11.7 Å². The van der Waals surface area contributed by atoms with Crippen molar-refractivity contribution in [3.63, 3.8) is 0 Å². The van der Waals surface area contributed by atoms with Gasteiger partial charge in [0.05, 0.1) is 0 Å². The third-order valence-electron chi connectivity index (χ3n) is 2.97. The summed E-state index contributed by atoms with van der Waals surface area (Å²) in [5.74, 6) is 1.36. The standard InChI is InChI=1S/C12H21BrO/c1-9(2)12(10(3)4,11(5)6)14-8-7-13/h9-11H,1-6H3. The van der Waals surface area contributed by atoms with Crippen molar-refractivity contribution in [3.8, 4) is 10.9 Å². The number of halogens is 1. The highest BCUT2D eigenvalue weighted by Crippen LogP contribution is 2.37. The van der Waals surface area contributed by atoms with E-state index in [1.54, 1.807) is 0 Å². The molecule has 0 fully saturated rings. The number of hydrogen-bond donors (Lipinski definition) is 0. The van der Waals surface area contributed by atoms with Crippen molar-refractivity contribution >= 4 is 15.9 Å². The van der Waals surface area contributed by atoms with E-state index in [0.717, 1.165) is 0 Å². The molecule has 14 heavy (non-hydrogen) atoms. The molecule has 82 valence electrons. The first-order valence-corrected chi connectivity index (χ1v) is 5.97. The number of ether oxygens (including phenoxy) is 1. The average Bonchev–Trinajstić information content (AvgIpc) is 2.03. The summed E-state index contributed by atoms with van der Waals surface area (Å²) in [5.41, 5.74) is -0.152. The largest absolute Gasteiger partial charge is 0.439 e. The summed E-state index contributed by atoms with van der Waals surface area (Å²) in [4.78, 5) is 2.63. The van der Waals surface area contributed by atoms with E-state index in [0.29, 0.717) is 17.8 Å². The Hall–Kier alpha value is -0.160. The first-order valence-electron chi connectivity index (χ1n) is 5.18. The van der Waals surface area contributed by atoms with E-state index in [-0.39, 0.29) is 5.60 Å². The smallest absolute Gasteiger partial charge is 0.128 e. The van der Waals surface area contributed by atoms with E-state index in [2.05, 4.69) is 68.4 Å². The lowest BCUT2D eigenvalue weighted by Crippen LogP contribution is -2.47. The Balaban J connectivity index is 5.01. The first kappa shape index (κ1) is 13.8. The third-order valence-corrected chi connectivity index (χ3v) is 3.14. The van der Waals surface area contributed by atoms with Crippen molar-refractivity contribution in [2.45, 2.75) is 47.1 Å². The van der Waals surface area contributed by atoms with Crippen LogP contribution in [0.15, 0.2) is 0 Å². The Morgan fingerprint density at radius 3 is 1.50 bits per heavy atom. The molecule has 0 saturated carbocycles. The Morgan fingerprint density at radius 2 is 1.29 bits per heavy atom. The lowest BCUT2D eigenvalue weighted by atomic mass is 9.72. The van der Waals surface area contributed by atoms with Crippen molar-refractivity contribution in [2.24, 2.45) is 17.8 Å². The Labute approximate surface area is 96.7 Å². The molecule has 2 heteroatoms. The van der Waals surface area contributed by atoms with Crippen molar-refractivity contribution < 1.29 is 4.74 Å². The minimum atomic E-state index is -0.152. The molecule has 0 rings (SSSR count). The third kappa shape index (κ3) is 2.67. The molecular weight excluding hydrogens is 240 g/mol. The number of rotatable bonds is 4. The second kappa shape index (κ2) is 5.66. The predicted molar refractivity (Wildman–Crippen MR) is 65.0 cm³/mol. The fourth-order valence-corrected chi connectivity index (χ4v) is 2.54. The molecule has 0 aromatic heterocycles. The molecule has 0 amide bonds. The molecule has 0 aromatic carbocycles. The minimum absolute atomic E-state index is 0.152. The average molecular weight is 261 g/mol. The van der Waals surface area contributed by atoms with Crippen LogP contribution >= 0.6 is 15.9 Å². The summed E-state index contributed by atoms with van der Waals surface area (Å²) < 4.78 is 5.76. The van der Waals surface area contributed by atoms with Crippen molar-refractivity contribution in [2.75, 3.05) is 0 Å². The Kier molecular flexibility index (Phi) is 5.59. The molecule has 0 atom stereocenters. The molecule has 0 bridgehead atoms. The zero-order chi connectivity index (χ0) is 11.4. The molecule has 0 radical (unpaired) electrons. The fourth-order valence-electron chi connectivity index (χ4n) is 2.46. The lowest BCUT2D eigenvalue weighted by Gasteiger charge is -2.42. The maximum atomic E-state index is 5.76. The SMILES string of the molecule is CC(C)C(OC#CBr)(C(C)C)C(C)C. The van der Waals surface area contributed by atoms with Crippen LogP contribution in [0, 0.1) is 28.7 Å². The van der Waals surface area contributed by atoms with Gasteiger partial charge in [0.2, 0.25) is 0 Å². The van der Waals surface area contributed by atoms with Gasteiger partial charge in [-0.1, -0.05) is 41.5 Å². The van der Waals surface area contributed by atoms with Crippen LogP contribution in [0.25, 0.3) is 0 Å². The summed E-state index contributed by atoms with van der Waals surface area (Å²) in [7, 11) is 0. The van der Waals surface area contributed by atoms with Crippen LogP contribution in [0.1, 0.15) is 41.5 Å². The van der Waals surface area contributed by atoms with Crippen LogP contribution in [0.2, 0.25) is 0 Å². The fraction of sp³-hybridized carbons (Fsp3) is 0.833. The van der Waals surface area contributed by atoms with Crippen LogP contribution in [0.3, 0.4) is 0 Å². The summed E-state index contributed by atoms with van der Waals surface area (Å²) in [5, 5.41) is 0. The van der Waals surface area contributed by atoms with E-state index < -0.39 is 0 Å². The zero-order valence-electron chi connectivity index (χ0n) is 10.0. The molecule has 0 N–H and O–H groups in total. The van der Waals surface area contributed by atoms with Gasteiger partial charge in [-0.2, -0.15) is 0 Å². The molecule has 0 spiro atoms. The topological polar surface area (TPSA) is 9.23 Å². The monoisotopic (exact) mass is 260 g/mol. The van der Waals surface area contributed by atoms with Gasteiger partial charge in [-0.3, -0.25) is 0 Å². The molecule has 0 aliphatic rings. The van der Waals surface area contributed by atoms with Gasteiger partial charge in [0.25, 0.3) is 0 Å². The first-order chi connectivity index (χ1) is 6.39. The Bertz CT molecular complexity index is 198. The van der Waals surface area contributed by atoms with Gasteiger partial charge in [-0.05, 0) is 17.8 Å². The van der Waals surface area contributed by atoms with Crippen LogP contribution in [0.4, 0.5) is 0 Å². The van der Waals surface area contributed by atoms with E-state index in [4.69, 9.17) is 4.74 Å². The summed E-state index contributed by atoms with van der Waals surface area (Å²) in [6, 6.07) is 0. The second-order valence-electron chi connectivity index (χ2n) is 4.62. The number of hydrogen-bond acceptors (Lipinski definition) is 1. The molecule has 0 aromatic rings. The van der Waals surface area contributed by atoms with Crippen molar-refractivity contribution in [1.82, 2.24) is 0 Å². The maximum Gasteiger partial charge on any atom is 0.128 e. The minimum Gasteiger partial charge on any atom is -0.439 e. The quantitative estimate of drug-likeness (QED) is 0.694. The van der Waals surface area contributed by atoms with Gasteiger partial charge in [0, 0.05) is 20.8 Å². The van der Waals surface area contributed by atoms with Gasteiger partial charge < -0.3 is 4.74 Å². The van der Waals surface area contributed by atoms with E-state index in [1.807, 2.05) is 0 Å². The molecule has 0 unspecified atom stereocenters. The van der Waals surface area contributed by atoms with Crippen LogP contribution in [-0.2, 0) is 4.74 Å². The van der Waals surface area contributed by atoms with Gasteiger partial charge in [0.15, 0.2) is 0 Å². The van der Waals surface area contributed by atoms with Crippen molar-refractivity contribution in [1.29, 1.82) is 0 Å². The normalized spacial score (nSPS) is 11.9. The predicted octanol–water partition coefficient (Wildman–Crippen LogP) is 4.02. The second-order valence-corrected chi connectivity index (χ2v) is 5.01. The highest BCUT2D eigenvalue weighted by atomic mass is 79.9. The van der Waals surface area contributed by atoms with Gasteiger partial charge >= 0.3 is 0 Å². The molecule has 0 saturated heterocycles. The molecule has 1 nitrogen and oxygen atoms in total. The van der Waals surface area contributed by atoms with Crippen molar-refractivity contribution in [3.05, 3.63) is 0 Å². The molecular formula is C12H21BrO. The summed E-state index contributed by atoms with van der Waals surface area (Å²) >= 11 is 3.06. The van der Waals surface area contributed by atoms with Crippen LogP contribution in [-0.4, -0.2) is 5.60 Å². The lowest BCUT2D eigenvalue weighted by molar-refractivity contribution is -0.0834. The molecule has 0 aliphatic heterocycles. The summed E-state index contributed by atoms with van der Waals surface area (Å²) in [6.45, 7) is 13.1. The zero-order valence-corrected chi connectivity index (χ0v) is 11.6. The molecule has 0 heterocycles. The highest BCUT2D eigenvalue weighted by Gasteiger charge is 2.42. The van der Waals surface area contributed by atoms with E-state index in [1.165, 1.54) is 0 Å². The summed E-state index contributed by atoms with van der Waals surface area (Å²) in [6.07, 6.45) is 2.70.